The molecule has 0 amide bonds. The highest BCUT2D eigenvalue weighted by atomic mass is 16.5. The van der Waals surface area contributed by atoms with Gasteiger partial charge in [0.15, 0.2) is 0 Å². The molecule has 0 atom stereocenters. The first-order chi connectivity index (χ1) is 10.3. The lowest BCUT2D eigenvalue weighted by molar-refractivity contribution is 0.414. The summed E-state index contributed by atoms with van der Waals surface area (Å²) in [5.74, 6) is 1.37. The summed E-state index contributed by atoms with van der Waals surface area (Å²) in [6, 6.07) is 15.8. The molecule has 1 heterocycles. The van der Waals surface area contributed by atoms with Crippen molar-refractivity contribution in [2.24, 2.45) is 0 Å². The van der Waals surface area contributed by atoms with Gasteiger partial charge in [0, 0.05) is 17.8 Å². The third-order valence-corrected chi connectivity index (χ3v) is 3.10. The summed E-state index contributed by atoms with van der Waals surface area (Å²) in [6.07, 6.45) is 1.33. The number of benzene rings is 2. The van der Waals surface area contributed by atoms with Crippen LogP contribution in [-0.2, 0) is 6.54 Å². The maximum Gasteiger partial charge on any atom is 0.247 e. The van der Waals surface area contributed by atoms with Gasteiger partial charge in [0.1, 0.15) is 5.75 Å². The number of hydrogen-bond donors (Lipinski definition) is 1. The summed E-state index contributed by atoms with van der Waals surface area (Å²) in [4.78, 5) is 0. The standard InChI is InChI=1S/C16H15N3O2/c1-20-15-7-2-4-12(8-15)10-17-14-6-3-5-13(9-14)16-19-18-11-21-16/h2-9,11,17H,10H2,1H3. The van der Waals surface area contributed by atoms with E-state index in [0.29, 0.717) is 12.4 Å². The van der Waals surface area contributed by atoms with Gasteiger partial charge in [0.05, 0.1) is 7.11 Å². The Kier molecular flexibility index (Phi) is 3.82. The zero-order chi connectivity index (χ0) is 14.5. The summed E-state index contributed by atoms with van der Waals surface area (Å²) in [7, 11) is 1.67. The first kappa shape index (κ1) is 13.2. The Bertz CT molecular complexity index is 711. The van der Waals surface area contributed by atoms with Gasteiger partial charge in [0.2, 0.25) is 12.3 Å². The minimum atomic E-state index is 0.514. The molecule has 3 aromatic rings. The molecule has 0 aliphatic carbocycles. The number of rotatable bonds is 5. The number of nitrogens with one attached hydrogen (secondary N) is 1. The summed E-state index contributed by atoms with van der Waals surface area (Å²) in [6.45, 7) is 0.713. The van der Waals surface area contributed by atoms with E-state index in [1.54, 1.807) is 7.11 Å². The quantitative estimate of drug-likeness (QED) is 0.777. The molecular weight excluding hydrogens is 266 g/mol. The molecule has 0 aliphatic heterocycles. The Labute approximate surface area is 122 Å². The van der Waals surface area contributed by atoms with Crippen molar-refractivity contribution in [3.63, 3.8) is 0 Å². The molecule has 5 heteroatoms. The van der Waals surface area contributed by atoms with Crippen LogP contribution in [0.5, 0.6) is 5.75 Å². The summed E-state index contributed by atoms with van der Waals surface area (Å²) in [5, 5.41) is 11.0. The second-order valence-electron chi connectivity index (χ2n) is 4.53. The molecule has 1 N–H and O–H groups in total. The topological polar surface area (TPSA) is 60.2 Å². The van der Waals surface area contributed by atoms with Crippen molar-refractivity contribution in [2.45, 2.75) is 6.54 Å². The van der Waals surface area contributed by atoms with Crippen LogP contribution in [0.3, 0.4) is 0 Å². The average molecular weight is 281 g/mol. The summed E-state index contributed by atoms with van der Waals surface area (Å²) in [5.41, 5.74) is 3.04. The molecule has 0 saturated carbocycles. The van der Waals surface area contributed by atoms with Gasteiger partial charge in [-0.3, -0.25) is 0 Å². The lowest BCUT2D eigenvalue weighted by Gasteiger charge is -2.08. The fraction of sp³-hybridized carbons (Fsp3) is 0.125. The van der Waals surface area contributed by atoms with Crippen LogP contribution in [0.15, 0.2) is 59.3 Å². The first-order valence-electron chi connectivity index (χ1n) is 6.58. The number of hydrogen-bond acceptors (Lipinski definition) is 5. The van der Waals surface area contributed by atoms with Gasteiger partial charge in [0.25, 0.3) is 0 Å². The fourth-order valence-corrected chi connectivity index (χ4v) is 2.05. The van der Waals surface area contributed by atoms with Crippen molar-refractivity contribution in [3.8, 4) is 17.2 Å². The number of aromatic nitrogens is 2. The van der Waals surface area contributed by atoms with Crippen molar-refractivity contribution in [1.82, 2.24) is 10.2 Å². The Morgan fingerprint density at radius 1 is 1.14 bits per heavy atom. The van der Waals surface area contributed by atoms with E-state index < -0.39 is 0 Å². The fourth-order valence-electron chi connectivity index (χ4n) is 2.05. The molecule has 1 aromatic heterocycles. The maximum atomic E-state index is 5.22. The molecular formula is C16H15N3O2. The lowest BCUT2D eigenvalue weighted by atomic mass is 10.1. The summed E-state index contributed by atoms with van der Waals surface area (Å²) < 4.78 is 10.4. The predicted octanol–water partition coefficient (Wildman–Crippen LogP) is 3.36. The van der Waals surface area contributed by atoms with E-state index >= 15 is 0 Å². The number of ether oxygens (including phenoxy) is 1. The third-order valence-electron chi connectivity index (χ3n) is 3.10. The van der Waals surface area contributed by atoms with Crippen LogP contribution >= 0.6 is 0 Å². The molecule has 0 fully saturated rings. The van der Waals surface area contributed by atoms with E-state index in [-0.39, 0.29) is 0 Å². The Balaban J connectivity index is 1.72. The van der Waals surface area contributed by atoms with Crippen LogP contribution in [0.4, 0.5) is 5.69 Å². The normalized spacial score (nSPS) is 10.3. The van der Waals surface area contributed by atoms with Crippen LogP contribution in [0.2, 0.25) is 0 Å². The molecule has 0 spiro atoms. The molecule has 3 rings (SSSR count). The van der Waals surface area contributed by atoms with Crippen molar-refractivity contribution >= 4 is 5.69 Å². The molecule has 106 valence electrons. The van der Waals surface area contributed by atoms with Crippen LogP contribution < -0.4 is 10.1 Å². The lowest BCUT2D eigenvalue weighted by Crippen LogP contribution is -1.99. The molecule has 0 radical (unpaired) electrons. The highest BCUT2D eigenvalue weighted by molar-refractivity contribution is 5.60. The van der Waals surface area contributed by atoms with Crippen molar-refractivity contribution in [1.29, 1.82) is 0 Å². The highest BCUT2D eigenvalue weighted by Crippen LogP contribution is 2.21. The van der Waals surface area contributed by atoms with Crippen molar-refractivity contribution in [2.75, 3.05) is 12.4 Å². The minimum Gasteiger partial charge on any atom is -0.497 e. The van der Waals surface area contributed by atoms with E-state index in [0.717, 1.165) is 22.6 Å². The maximum absolute atomic E-state index is 5.22. The first-order valence-corrected chi connectivity index (χ1v) is 6.58. The molecule has 0 aliphatic rings. The number of anilines is 1. The number of nitrogens with zero attached hydrogens (tertiary/aromatic N) is 2. The van der Waals surface area contributed by atoms with Crippen LogP contribution in [0.1, 0.15) is 5.56 Å². The monoisotopic (exact) mass is 281 g/mol. The van der Waals surface area contributed by atoms with E-state index in [9.17, 15) is 0 Å². The zero-order valence-electron chi connectivity index (χ0n) is 11.6. The second kappa shape index (κ2) is 6.09. The van der Waals surface area contributed by atoms with Gasteiger partial charge in [-0.05, 0) is 35.9 Å². The highest BCUT2D eigenvalue weighted by Gasteiger charge is 2.04. The second-order valence-corrected chi connectivity index (χ2v) is 4.53. The van der Waals surface area contributed by atoms with Gasteiger partial charge in [-0.25, -0.2) is 0 Å². The SMILES string of the molecule is COc1cccc(CNc2cccc(-c3nnco3)c2)c1. The zero-order valence-corrected chi connectivity index (χ0v) is 11.6. The minimum absolute atomic E-state index is 0.514. The average Bonchev–Trinajstić information content (AvgIpc) is 3.08. The molecule has 21 heavy (non-hydrogen) atoms. The van der Waals surface area contributed by atoms with Crippen molar-refractivity contribution < 1.29 is 9.15 Å². The van der Waals surface area contributed by atoms with Gasteiger partial charge >= 0.3 is 0 Å². The van der Waals surface area contributed by atoms with Crippen LogP contribution in [0, 0.1) is 0 Å². The van der Waals surface area contributed by atoms with E-state index in [1.165, 1.54) is 6.39 Å². The number of methoxy groups -OCH3 is 1. The van der Waals surface area contributed by atoms with Crippen molar-refractivity contribution in [3.05, 3.63) is 60.5 Å². The van der Waals surface area contributed by atoms with Gasteiger partial charge < -0.3 is 14.5 Å². The van der Waals surface area contributed by atoms with Crippen LogP contribution in [0.25, 0.3) is 11.5 Å². The van der Waals surface area contributed by atoms with E-state index in [2.05, 4.69) is 21.6 Å². The Hall–Kier alpha value is -2.82. The Morgan fingerprint density at radius 3 is 2.86 bits per heavy atom. The smallest absolute Gasteiger partial charge is 0.247 e. The van der Waals surface area contributed by atoms with Crippen LogP contribution in [-0.4, -0.2) is 17.3 Å². The predicted molar refractivity (Wildman–Crippen MR) is 80.1 cm³/mol. The molecule has 5 nitrogen and oxygen atoms in total. The Morgan fingerprint density at radius 2 is 2.05 bits per heavy atom. The van der Waals surface area contributed by atoms with E-state index in [4.69, 9.17) is 9.15 Å². The summed E-state index contributed by atoms with van der Waals surface area (Å²) >= 11 is 0. The van der Waals surface area contributed by atoms with Gasteiger partial charge in [-0.1, -0.05) is 18.2 Å². The van der Waals surface area contributed by atoms with Gasteiger partial charge in [-0.15, -0.1) is 10.2 Å². The third kappa shape index (κ3) is 3.20. The molecule has 2 aromatic carbocycles. The van der Waals surface area contributed by atoms with E-state index in [1.807, 2.05) is 42.5 Å². The van der Waals surface area contributed by atoms with Gasteiger partial charge in [-0.2, -0.15) is 0 Å². The molecule has 0 saturated heterocycles. The molecule has 0 bridgehead atoms. The largest absolute Gasteiger partial charge is 0.497 e. The molecule has 0 unspecified atom stereocenters.